The number of halogens is 1. The molecule has 90 valence electrons. The molecule has 1 N–H and O–H groups in total. The lowest BCUT2D eigenvalue weighted by molar-refractivity contribution is 0.253. The second kappa shape index (κ2) is 6.48. The molecule has 0 saturated carbocycles. The minimum atomic E-state index is -0.234. The smallest absolute Gasteiger partial charge is 0.123 e. The van der Waals surface area contributed by atoms with Crippen molar-refractivity contribution in [1.29, 1.82) is 0 Å². The van der Waals surface area contributed by atoms with Crippen LogP contribution < -0.4 is 10.1 Å². The van der Waals surface area contributed by atoms with E-state index in [2.05, 4.69) is 26.1 Å². The molecular formula is C13H20FNO. The molecule has 3 heteroatoms. The molecule has 1 atom stereocenters. The maximum atomic E-state index is 12.6. The molecule has 0 amide bonds. The standard InChI is InChI=1S/C13H20FNO/c1-10(2)15-8-11(3)9-16-13-6-4-12(14)5-7-13/h4-7,10-11,15H,8-9H2,1-3H3. The van der Waals surface area contributed by atoms with Gasteiger partial charge in [0.25, 0.3) is 0 Å². The van der Waals surface area contributed by atoms with Crippen LogP contribution in [0.15, 0.2) is 24.3 Å². The lowest BCUT2D eigenvalue weighted by Gasteiger charge is -2.15. The number of rotatable bonds is 6. The minimum absolute atomic E-state index is 0.234. The van der Waals surface area contributed by atoms with Crippen molar-refractivity contribution >= 4 is 0 Å². The second-order valence-corrected chi connectivity index (χ2v) is 4.43. The zero-order valence-corrected chi connectivity index (χ0v) is 10.2. The van der Waals surface area contributed by atoms with E-state index in [1.54, 1.807) is 12.1 Å². The van der Waals surface area contributed by atoms with Gasteiger partial charge in [-0.3, -0.25) is 0 Å². The average molecular weight is 225 g/mol. The predicted molar refractivity (Wildman–Crippen MR) is 64.2 cm³/mol. The van der Waals surface area contributed by atoms with Gasteiger partial charge in [0.1, 0.15) is 11.6 Å². The van der Waals surface area contributed by atoms with Crippen LogP contribution in [-0.2, 0) is 0 Å². The first kappa shape index (κ1) is 13.0. The van der Waals surface area contributed by atoms with Gasteiger partial charge >= 0.3 is 0 Å². The van der Waals surface area contributed by atoms with E-state index in [0.717, 1.165) is 12.3 Å². The predicted octanol–water partition coefficient (Wildman–Crippen LogP) is 2.84. The fraction of sp³-hybridized carbons (Fsp3) is 0.538. The van der Waals surface area contributed by atoms with Gasteiger partial charge in [-0.05, 0) is 24.3 Å². The third-order valence-corrected chi connectivity index (χ3v) is 2.22. The molecule has 0 fully saturated rings. The first-order valence-electron chi connectivity index (χ1n) is 5.69. The van der Waals surface area contributed by atoms with Crippen LogP contribution in [0.2, 0.25) is 0 Å². The maximum absolute atomic E-state index is 12.6. The largest absolute Gasteiger partial charge is 0.493 e. The zero-order chi connectivity index (χ0) is 12.0. The van der Waals surface area contributed by atoms with E-state index in [4.69, 9.17) is 4.74 Å². The van der Waals surface area contributed by atoms with E-state index >= 15 is 0 Å². The number of hydrogen-bond acceptors (Lipinski definition) is 2. The Morgan fingerprint density at radius 2 is 1.81 bits per heavy atom. The number of nitrogens with one attached hydrogen (secondary N) is 1. The summed E-state index contributed by atoms with van der Waals surface area (Å²) in [5.74, 6) is 0.923. The zero-order valence-electron chi connectivity index (χ0n) is 10.2. The van der Waals surface area contributed by atoms with Crippen LogP contribution in [-0.4, -0.2) is 19.2 Å². The van der Waals surface area contributed by atoms with Crippen LogP contribution in [0.1, 0.15) is 20.8 Å². The van der Waals surface area contributed by atoms with Crippen molar-refractivity contribution in [2.75, 3.05) is 13.2 Å². The molecule has 1 unspecified atom stereocenters. The molecule has 0 bridgehead atoms. The van der Waals surface area contributed by atoms with E-state index in [-0.39, 0.29) is 5.82 Å². The van der Waals surface area contributed by atoms with Crippen molar-refractivity contribution in [3.63, 3.8) is 0 Å². The first-order valence-corrected chi connectivity index (χ1v) is 5.69. The average Bonchev–Trinajstić information content (AvgIpc) is 2.25. The van der Waals surface area contributed by atoms with Crippen LogP contribution in [0.5, 0.6) is 5.75 Å². The summed E-state index contributed by atoms with van der Waals surface area (Å²) < 4.78 is 18.2. The van der Waals surface area contributed by atoms with Crippen molar-refractivity contribution in [3.8, 4) is 5.75 Å². The lowest BCUT2D eigenvalue weighted by Crippen LogP contribution is -2.30. The summed E-state index contributed by atoms with van der Waals surface area (Å²) in [6.07, 6.45) is 0. The Labute approximate surface area is 96.8 Å². The highest BCUT2D eigenvalue weighted by Gasteiger charge is 2.04. The Kier molecular flexibility index (Phi) is 5.26. The molecule has 0 aliphatic rings. The summed E-state index contributed by atoms with van der Waals surface area (Å²) >= 11 is 0. The summed E-state index contributed by atoms with van der Waals surface area (Å²) in [6.45, 7) is 7.93. The number of ether oxygens (including phenoxy) is 1. The molecular weight excluding hydrogens is 205 g/mol. The molecule has 0 aliphatic carbocycles. The molecule has 2 nitrogen and oxygen atoms in total. The minimum Gasteiger partial charge on any atom is -0.493 e. The molecule has 0 spiro atoms. The van der Waals surface area contributed by atoms with E-state index in [1.165, 1.54) is 12.1 Å². The van der Waals surface area contributed by atoms with E-state index in [1.807, 2.05) is 0 Å². The normalized spacial score (nSPS) is 12.8. The van der Waals surface area contributed by atoms with Gasteiger partial charge in [-0.2, -0.15) is 0 Å². The van der Waals surface area contributed by atoms with Crippen LogP contribution in [0.3, 0.4) is 0 Å². The van der Waals surface area contributed by atoms with Crippen molar-refractivity contribution in [3.05, 3.63) is 30.1 Å². The van der Waals surface area contributed by atoms with Gasteiger partial charge in [-0.25, -0.2) is 4.39 Å². The monoisotopic (exact) mass is 225 g/mol. The highest BCUT2D eigenvalue weighted by molar-refractivity contribution is 5.21. The van der Waals surface area contributed by atoms with E-state index in [9.17, 15) is 4.39 Å². The summed E-state index contributed by atoms with van der Waals surface area (Å²) in [4.78, 5) is 0. The molecule has 0 aliphatic heterocycles. The van der Waals surface area contributed by atoms with Crippen LogP contribution in [0, 0.1) is 11.7 Å². The van der Waals surface area contributed by atoms with Gasteiger partial charge in [0.15, 0.2) is 0 Å². The summed E-state index contributed by atoms with van der Waals surface area (Å²) in [5, 5.41) is 3.35. The Morgan fingerprint density at radius 1 is 1.19 bits per heavy atom. The van der Waals surface area contributed by atoms with Gasteiger partial charge in [-0.15, -0.1) is 0 Å². The molecule has 0 heterocycles. The number of hydrogen-bond donors (Lipinski definition) is 1. The Bertz CT molecular complexity index is 297. The SMILES string of the molecule is CC(CNC(C)C)COc1ccc(F)cc1. The third kappa shape index (κ3) is 5.12. The summed E-state index contributed by atoms with van der Waals surface area (Å²) in [5.41, 5.74) is 0. The lowest BCUT2D eigenvalue weighted by atomic mass is 10.2. The quantitative estimate of drug-likeness (QED) is 0.803. The molecule has 1 aromatic carbocycles. The van der Waals surface area contributed by atoms with Crippen molar-refractivity contribution in [1.82, 2.24) is 5.32 Å². The van der Waals surface area contributed by atoms with Gasteiger partial charge in [0, 0.05) is 18.5 Å². The fourth-order valence-corrected chi connectivity index (χ4v) is 1.27. The molecule has 1 aromatic rings. The van der Waals surface area contributed by atoms with Crippen LogP contribution >= 0.6 is 0 Å². The van der Waals surface area contributed by atoms with E-state index in [0.29, 0.717) is 18.6 Å². The molecule has 1 rings (SSSR count). The van der Waals surface area contributed by atoms with Crippen molar-refractivity contribution < 1.29 is 9.13 Å². The highest BCUT2D eigenvalue weighted by atomic mass is 19.1. The van der Waals surface area contributed by atoms with Crippen molar-refractivity contribution in [2.45, 2.75) is 26.8 Å². The Balaban J connectivity index is 2.26. The third-order valence-electron chi connectivity index (χ3n) is 2.22. The van der Waals surface area contributed by atoms with E-state index < -0.39 is 0 Å². The topological polar surface area (TPSA) is 21.3 Å². The fourth-order valence-electron chi connectivity index (χ4n) is 1.27. The van der Waals surface area contributed by atoms with Gasteiger partial charge < -0.3 is 10.1 Å². The van der Waals surface area contributed by atoms with Crippen LogP contribution in [0.4, 0.5) is 4.39 Å². The first-order chi connectivity index (χ1) is 7.58. The molecule has 0 aromatic heterocycles. The highest BCUT2D eigenvalue weighted by Crippen LogP contribution is 2.12. The molecule has 0 saturated heterocycles. The summed E-state index contributed by atoms with van der Waals surface area (Å²) in [6, 6.07) is 6.61. The molecule has 0 radical (unpaired) electrons. The van der Waals surface area contributed by atoms with Gasteiger partial charge in [0.2, 0.25) is 0 Å². The second-order valence-electron chi connectivity index (χ2n) is 4.43. The van der Waals surface area contributed by atoms with Crippen molar-refractivity contribution in [2.24, 2.45) is 5.92 Å². The Morgan fingerprint density at radius 3 is 2.38 bits per heavy atom. The Hall–Kier alpha value is -1.09. The van der Waals surface area contributed by atoms with Gasteiger partial charge in [-0.1, -0.05) is 20.8 Å². The van der Waals surface area contributed by atoms with Crippen LogP contribution in [0.25, 0.3) is 0 Å². The maximum Gasteiger partial charge on any atom is 0.123 e. The molecule has 16 heavy (non-hydrogen) atoms. The summed E-state index contributed by atoms with van der Waals surface area (Å²) in [7, 11) is 0. The van der Waals surface area contributed by atoms with Gasteiger partial charge in [0.05, 0.1) is 6.61 Å². The number of benzene rings is 1.